The van der Waals surface area contributed by atoms with Crippen molar-refractivity contribution < 1.29 is 14.7 Å². The molecule has 4 aliphatic carbocycles. The Balaban J connectivity index is 1.51. The fourth-order valence-corrected chi connectivity index (χ4v) is 7.94. The normalized spacial score (nSPS) is 42.3. The van der Waals surface area contributed by atoms with Crippen LogP contribution in [0.3, 0.4) is 0 Å². The second-order valence-electron chi connectivity index (χ2n) is 11.2. The van der Waals surface area contributed by atoms with E-state index in [1.807, 2.05) is 19.1 Å². The number of allylic oxidation sites excluding steroid dienone is 6. The number of carboxylic acids is 1. The number of aliphatic carboxylic acids is 1. The molecule has 0 radical (unpaired) electrons. The molecule has 0 aliphatic heterocycles. The number of hydrogen-bond acceptors (Lipinski definition) is 2. The van der Waals surface area contributed by atoms with E-state index in [-0.39, 0.29) is 23.5 Å². The van der Waals surface area contributed by atoms with Crippen LogP contribution >= 0.6 is 0 Å². The molecular weight excluding hydrogens is 372 g/mol. The number of ketones is 1. The van der Waals surface area contributed by atoms with Crippen molar-refractivity contribution in [2.75, 3.05) is 0 Å². The van der Waals surface area contributed by atoms with Crippen LogP contribution in [0.5, 0.6) is 0 Å². The first-order chi connectivity index (χ1) is 14.1. The van der Waals surface area contributed by atoms with Gasteiger partial charge in [-0.1, -0.05) is 51.5 Å². The van der Waals surface area contributed by atoms with E-state index < -0.39 is 5.97 Å². The zero-order valence-electron chi connectivity index (χ0n) is 19.1. The highest BCUT2D eigenvalue weighted by atomic mass is 16.4. The molecule has 3 saturated carbocycles. The molecule has 0 heterocycles. The van der Waals surface area contributed by atoms with Crippen LogP contribution in [0, 0.1) is 46.3 Å². The van der Waals surface area contributed by atoms with Gasteiger partial charge in [-0.2, -0.15) is 0 Å². The monoisotopic (exact) mass is 410 g/mol. The molecule has 4 rings (SSSR count). The highest BCUT2D eigenvalue weighted by Gasteiger charge is 2.58. The molecular formula is C27H38O3. The van der Waals surface area contributed by atoms with E-state index >= 15 is 0 Å². The summed E-state index contributed by atoms with van der Waals surface area (Å²) in [6, 6.07) is 0. The minimum atomic E-state index is -0.719. The summed E-state index contributed by atoms with van der Waals surface area (Å²) < 4.78 is 0. The maximum Gasteiger partial charge on any atom is 0.303 e. The van der Waals surface area contributed by atoms with Crippen molar-refractivity contribution >= 4 is 11.8 Å². The predicted octanol–water partition coefficient (Wildman–Crippen LogP) is 6.21. The highest BCUT2D eigenvalue weighted by molar-refractivity contribution is 6.01. The van der Waals surface area contributed by atoms with Crippen LogP contribution in [0.1, 0.15) is 72.6 Å². The van der Waals surface area contributed by atoms with Gasteiger partial charge in [0.15, 0.2) is 5.78 Å². The van der Waals surface area contributed by atoms with Crippen LogP contribution in [-0.4, -0.2) is 16.9 Å². The molecule has 3 nitrogen and oxygen atoms in total. The lowest BCUT2D eigenvalue weighted by atomic mass is 9.47. The third-order valence-electron chi connectivity index (χ3n) is 9.50. The summed E-state index contributed by atoms with van der Waals surface area (Å²) in [5.74, 6) is 2.92. The van der Waals surface area contributed by atoms with E-state index in [1.165, 1.54) is 37.7 Å². The van der Waals surface area contributed by atoms with E-state index in [0.29, 0.717) is 23.2 Å². The number of carboxylic acid groups (broad SMARTS) is 1. The first-order valence-corrected chi connectivity index (χ1v) is 12.0. The van der Waals surface area contributed by atoms with E-state index in [4.69, 9.17) is 5.11 Å². The summed E-state index contributed by atoms with van der Waals surface area (Å²) in [6.07, 6.45) is 18.1. The summed E-state index contributed by atoms with van der Waals surface area (Å²) in [5, 5.41) is 9.02. The van der Waals surface area contributed by atoms with Crippen molar-refractivity contribution in [1.82, 2.24) is 0 Å². The van der Waals surface area contributed by atoms with Gasteiger partial charge in [0.1, 0.15) is 0 Å². The minimum absolute atomic E-state index is 0.0774. The maximum absolute atomic E-state index is 11.9. The third kappa shape index (κ3) is 3.52. The Morgan fingerprint density at radius 2 is 1.93 bits per heavy atom. The van der Waals surface area contributed by atoms with Crippen molar-refractivity contribution in [2.24, 2.45) is 46.3 Å². The second-order valence-corrected chi connectivity index (χ2v) is 11.2. The maximum atomic E-state index is 11.9. The Morgan fingerprint density at radius 1 is 1.17 bits per heavy atom. The van der Waals surface area contributed by atoms with E-state index in [9.17, 15) is 9.59 Å². The Morgan fingerprint density at radius 3 is 2.67 bits per heavy atom. The lowest BCUT2D eigenvalue weighted by Gasteiger charge is -2.57. The molecule has 0 aromatic heterocycles. The summed E-state index contributed by atoms with van der Waals surface area (Å²) in [7, 11) is 0. The number of carbonyl (C=O) groups is 2. The fraction of sp³-hybridized carbons (Fsp3) is 0.704. The Hall–Kier alpha value is -1.64. The minimum Gasteiger partial charge on any atom is -0.481 e. The average molecular weight is 411 g/mol. The third-order valence-corrected chi connectivity index (χ3v) is 9.50. The fourth-order valence-electron chi connectivity index (χ4n) is 7.94. The summed E-state index contributed by atoms with van der Waals surface area (Å²) >= 11 is 0. The summed E-state index contributed by atoms with van der Waals surface area (Å²) in [6.45, 7) is 9.26. The van der Waals surface area contributed by atoms with Gasteiger partial charge in [0.2, 0.25) is 0 Å². The zero-order valence-corrected chi connectivity index (χ0v) is 19.1. The molecule has 0 saturated heterocycles. The van der Waals surface area contributed by atoms with Crippen molar-refractivity contribution in [3.05, 3.63) is 36.0 Å². The number of hydrogen-bond donors (Lipinski definition) is 1. The van der Waals surface area contributed by atoms with Gasteiger partial charge in [-0.05, 0) is 91.6 Å². The quantitative estimate of drug-likeness (QED) is 0.548. The molecule has 1 N–H and O–H groups in total. The molecule has 0 aromatic carbocycles. The molecule has 0 spiro atoms. The van der Waals surface area contributed by atoms with Gasteiger partial charge in [-0.25, -0.2) is 0 Å². The standard InChI is InChI=1S/C27H38O3/c1-17(15-25(29)30)5-6-18(2)22-9-10-23-21-8-7-19-16-20(28)11-13-26(19,3)24(21)12-14-27(22,23)4/h5-6,11,13,16-18,21-24H,7-10,12,14-15H2,1-4H3,(H,29,30). The zero-order chi connectivity index (χ0) is 21.7. The van der Waals surface area contributed by atoms with Crippen molar-refractivity contribution in [2.45, 2.75) is 72.6 Å². The smallest absolute Gasteiger partial charge is 0.303 e. The molecule has 0 aromatic rings. The number of fused-ring (bicyclic) bond motifs is 5. The van der Waals surface area contributed by atoms with Crippen LogP contribution in [-0.2, 0) is 9.59 Å². The average Bonchev–Trinajstić information content (AvgIpc) is 3.03. The van der Waals surface area contributed by atoms with E-state index in [2.05, 4.69) is 39.0 Å². The van der Waals surface area contributed by atoms with Gasteiger partial charge in [0.05, 0.1) is 6.42 Å². The molecule has 164 valence electrons. The lowest BCUT2D eigenvalue weighted by Crippen LogP contribution is -2.50. The van der Waals surface area contributed by atoms with Gasteiger partial charge in [0.25, 0.3) is 0 Å². The highest BCUT2D eigenvalue weighted by Crippen LogP contribution is 2.66. The van der Waals surface area contributed by atoms with Gasteiger partial charge < -0.3 is 5.11 Å². The summed E-state index contributed by atoms with van der Waals surface area (Å²) in [5.41, 5.74) is 1.83. The molecule has 0 bridgehead atoms. The van der Waals surface area contributed by atoms with Crippen molar-refractivity contribution in [1.29, 1.82) is 0 Å². The van der Waals surface area contributed by atoms with Gasteiger partial charge >= 0.3 is 5.97 Å². The largest absolute Gasteiger partial charge is 0.481 e. The molecule has 30 heavy (non-hydrogen) atoms. The molecule has 8 atom stereocenters. The molecule has 8 unspecified atom stereocenters. The Labute approximate surface area is 181 Å². The molecule has 3 fully saturated rings. The Kier molecular flexibility index (Phi) is 5.61. The predicted molar refractivity (Wildman–Crippen MR) is 120 cm³/mol. The topological polar surface area (TPSA) is 54.4 Å². The molecule has 0 amide bonds. The number of rotatable bonds is 5. The first-order valence-electron chi connectivity index (χ1n) is 12.0. The van der Waals surface area contributed by atoms with Gasteiger partial charge in [-0.3, -0.25) is 9.59 Å². The molecule has 3 heteroatoms. The lowest BCUT2D eigenvalue weighted by molar-refractivity contribution is -0.137. The molecule has 4 aliphatic rings. The van der Waals surface area contributed by atoms with Gasteiger partial charge in [-0.15, -0.1) is 0 Å². The van der Waals surface area contributed by atoms with Crippen LogP contribution in [0.25, 0.3) is 0 Å². The first kappa shape index (κ1) is 21.6. The van der Waals surface area contributed by atoms with Crippen LogP contribution < -0.4 is 0 Å². The SMILES string of the molecule is CC(C=CC(C)C1CCC2C3CCC4=CC(=O)C=CC4(C)C3CCC12C)CC(=O)O. The second kappa shape index (κ2) is 7.80. The summed E-state index contributed by atoms with van der Waals surface area (Å²) in [4.78, 5) is 22.9. The number of carbonyl (C=O) groups excluding carboxylic acids is 1. The van der Waals surface area contributed by atoms with Crippen LogP contribution in [0.2, 0.25) is 0 Å². The Bertz CT molecular complexity index is 805. The van der Waals surface area contributed by atoms with Crippen molar-refractivity contribution in [3.8, 4) is 0 Å². The van der Waals surface area contributed by atoms with Crippen molar-refractivity contribution in [3.63, 3.8) is 0 Å². The van der Waals surface area contributed by atoms with Crippen LogP contribution in [0.15, 0.2) is 36.0 Å². The van der Waals surface area contributed by atoms with E-state index in [0.717, 1.165) is 18.3 Å². The van der Waals surface area contributed by atoms with E-state index in [1.54, 1.807) is 0 Å². The van der Waals surface area contributed by atoms with Gasteiger partial charge in [0, 0.05) is 5.41 Å². The van der Waals surface area contributed by atoms with Crippen LogP contribution in [0.4, 0.5) is 0 Å².